The van der Waals surface area contributed by atoms with Crippen LogP contribution in [0.25, 0.3) is 10.9 Å². The smallest absolute Gasteiger partial charge is 0.242 e. The Labute approximate surface area is 114 Å². The SMILES string of the molecule is N[C@@H](Cc1c[nH]c2ccccc12)C(=O)Nc1ccon1. The lowest BCUT2D eigenvalue weighted by atomic mass is 10.1. The zero-order valence-electron chi connectivity index (χ0n) is 10.7. The number of hydrogen-bond donors (Lipinski definition) is 3. The quantitative estimate of drug-likeness (QED) is 0.671. The van der Waals surface area contributed by atoms with E-state index >= 15 is 0 Å². The van der Waals surface area contributed by atoms with Gasteiger partial charge >= 0.3 is 0 Å². The summed E-state index contributed by atoms with van der Waals surface area (Å²) in [5, 5.41) is 7.30. The Bertz CT molecular complexity index is 718. The fourth-order valence-corrected chi connectivity index (χ4v) is 2.13. The molecule has 0 spiro atoms. The van der Waals surface area contributed by atoms with E-state index in [0.717, 1.165) is 16.5 Å². The van der Waals surface area contributed by atoms with Crippen molar-refractivity contribution < 1.29 is 9.32 Å². The van der Waals surface area contributed by atoms with Crippen molar-refractivity contribution in [2.45, 2.75) is 12.5 Å². The molecule has 1 atom stereocenters. The van der Waals surface area contributed by atoms with Crippen LogP contribution in [0.2, 0.25) is 0 Å². The number of aromatic nitrogens is 2. The monoisotopic (exact) mass is 270 g/mol. The minimum absolute atomic E-state index is 0.288. The van der Waals surface area contributed by atoms with Crippen LogP contribution in [0.15, 0.2) is 47.3 Å². The van der Waals surface area contributed by atoms with E-state index in [9.17, 15) is 4.79 Å². The van der Waals surface area contributed by atoms with E-state index in [1.807, 2.05) is 30.5 Å². The highest BCUT2D eigenvalue weighted by atomic mass is 16.5. The number of hydrogen-bond acceptors (Lipinski definition) is 4. The highest BCUT2D eigenvalue weighted by Gasteiger charge is 2.17. The van der Waals surface area contributed by atoms with Gasteiger partial charge in [0.15, 0.2) is 5.82 Å². The molecule has 102 valence electrons. The third-order valence-electron chi connectivity index (χ3n) is 3.14. The second-order valence-electron chi connectivity index (χ2n) is 4.54. The van der Waals surface area contributed by atoms with Crippen molar-refractivity contribution in [3.05, 3.63) is 48.4 Å². The molecule has 0 aliphatic rings. The summed E-state index contributed by atoms with van der Waals surface area (Å²) in [4.78, 5) is 15.1. The number of nitrogens with two attached hydrogens (primary N) is 1. The minimum atomic E-state index is -0.647. The average molecular weight is 270 g/mol. The first-order valence-electron chi connectivity index (χ1n) is 6.26. The van der Waals surface area contributed by atoms with E-state index in [0.29, 0.717) is 12.2 Å². The van der Waals surface area contributed by atoms with Crippen LogP contribution >= 0.6 is 0 Å². The molecule has 20 heavy (non-hydrogen) atoms. The van der Waals surface area contributed by atoms with E-state index in [1.165, 1.54) is 6.26 Å². The van der Waals surface area contributed by atoms with Crippen LogP contribution in [0.5, 0.6) is 0 Å². The molecule has 6 nitrogen and oxygen atoms in total. The number of anilines is 1. The van der Waals surface area contributed by atoms with Crippen LogP contribution in [0.3, 0.4) is 0 Å². The van der Waals surface area contributed by atoms with Gasteiger partial charge in [0, 0.05) is 23.2 Å². The third-order valence-corrected chi connectivity index (χ3v) is 3.14. The largest absolute Gasteiger partial charge is 0.363 e. The molecule has 6 heteroatoms. The standard InChI is InChI=1S/C14H14N4O2/c15-11(14(19)17-13-5-6-20-18-13)7-9-8-16-12-4-2-1-3-10(9)12/h1-6,8,11,16H,7,15H2,(H,17,18,19)/t11-/m0/s1. The Kier molecular flexibility index (Phi) is 3.22. The second-order valence-corrected chi connectivity index (χ2v) is 4.54. The Morgan fingerprint density at radius 1 is 1.40 bits per heavy atom. The van der Waals surface area contributed by atoms with Gasteiger partial charge in [0.2, 0.25) is 5.91 Å². The maximum absolute atomic E-state index is 11.9. The van der Waals surface area contributed by atoms with Gasteiger partial charge in [0.25, 0.3) is 0 Å². The summed E-state index contributed by atoms with van der Waals surface area (Å²) in [7, 11) is 0. The number of carbonyl (C=O) groups is 1. The van der Waals surface area contributed by atoms with Gasteiger partial charge in [-0.15, -0.1) is 0 Å². The van der Waals surface area contributed by atoms with Crippen LogP contribution in [0.4, 0.5) is 5.82 Å². The summed E-state index contributed by atoms with van der Waals surface area (Å²) < 4.78 is 4.65. The first-order chi connectivity index (χ1) is 9.74. The molecule has 0 radical (unpaired) electrons. The fraction of sp³-hybridized carbons (Fsp3) is 0.143. The molecule has 2 aromatic heterocycles. The van der Waals surface area contributed by atoms with Crippen LogP contribution < -0.4 is 11.1 Å². The van der Waals surface area contributed by atoms with E-state index in [1.54, 1.807) is 6.07 Å². The molecule has 0 bridgehead atoms. The van der Waals surface area contributed by atoms with Crippen LogP contribution in [-0.4, -0.2) is 22.1 Å². The molecular formula is C14H14N4O2. The van der Waals surface area contributed by atoms with Crippen molar-refractivity contribution in [1.29, 1.82) is 0 Å². The van der Waals surface area contributed by atoms with E-state index in [4.69, 9.17) is 5.73 Å². The van der Waals surface area contributed by atoms with Gasteiger partial charge in [-0.2, -0.15) is 0 Å². The molecule has 3 rings (SSSR count). The summed E-state index contributed by atoms with van der Waals surface area (Å²) >= 11 is 0. The Balaban J connectivity index is 1.72. The van der Waals surface area contributed by atoms with E-state index in [2.05, 4.69) is 20.0 Å². The first kappa shape index (κ1) is 12.4. The van der Waals surface area contributed by atoms with Crippen molar-refractivity contribution in [1.82, 2.24) is 10.1 Å². The summed E-state index contributed by atoms with van der Waals surface area (Å²) in [5.41, 5.74) is 7.98. The third kappa shape index (κ3) is 2.41. The van der Waals surface area contributed by atoms with E-state index < -0.39 is 6.04 Å². The molecule has 3 aromatic rings. The highest BCUT2D eigenvalue weighted by Crippen LogP contribution is 2.19. The number of H-pyrrole nitrogens is 1. The lowest BCUT2D eigenvalue weighted by Crippen LogP contribution is -2.37. The Hall–Kier alpha value is -2.60. The van der Waals surface area contributed by atoms with Crippen molar-refractivity contribution >= 4 is 22.6 Å². The molecule has 0 saturated carbocycles. The Morgan fingerprint density at radius 2 is 2.25 bits per heavy atom. The van der Waals surface area contributed by atoms with Crippen molar-refractivity contribution in [2.24, 2.45) is 5.73 Å². The second kappa shape index (κ2) is 5.18. The van der Waals surface area contributed by atoms with Gasteiger partial charge in [-0.1, -0.05) is 23.4 Å². The topological polar surface area (TPSA) is 96.9 Å². The number of para-hydroxylation sites is 1. The predicted molar refractivity (Wildman–Crippen MR) is 75.1 cm³/mol. The number of carbonyl (C=O) groups excluding carboxylic acids is 1. The molecule has 1 aromatic carbocycles. The maximum atomic E-state index is 11.9. The summed E-state index contributed by atoms with van der Waals surface area (Å²) in [6.07, 6.45) is 3.72. The molecule has 0 unspecified atom stereocenters. The zero-order valence-corrected chi connectivity index (χ0v) is 10.7. The number of nitrogens with zero attached hydrogens (tertiary/aromatic N) is 1. The molecular weight excluding hydrogens is 256 g/mol. The first-order valence-corrected chi connectivity index (χ1v) is 6.26. The molecule has 0 aliphatic heterocycles. The summed E-state index contributed by atoms with van der Waals surface area (Å²) in [6, 6.07) is 8.82. The number of benzene rings is 1. The molecule has 1 amide bonds. The van der Waals surface area contributed by atoms with Crippen molar-refractivity contribution in [3.63, 3.8) is 0 Å². The van der Waals surface area contributed by atoms with Crippen molar-refractivity contribution in [3.8, 4) is 0 Å². The molecule has 0 fully saturated rings. The molecule has 4 N–H and O–H groups in total. The number of aromatic amines is 1. The normalized spacial score (nSPS) is 12.4. The molecule has 0 saturated heterocycles. The number of amides is 1. The van der Waals surface area contributed by atoms with Gasteiger partial charge in [0.05, 0.1) is 6.04 Å². The number of rotatable bonds is 4. The fourth-order valence-electron chi connectivity index (χ4n) is 2.13. The van der Waals surface area contributed by atoms with Crippen LogP contribution in [-0.2, 0) is 11.2 Å². The predicted octanol–water partition coefficient (Wildman–Crippen LogP) is 1.66. The summed E-state index contributed by atoms with van der Waals surface area (Å²) in [6.45, 7) is 0. The van der Waals surface area contributed by atoms with Gasteiger partial charge in [0.1, 0.15) is 6.26 Å². The highest BCUT2D eigenvalue weighted by molar-refractivity contribution is 5.94. The number of fused-ring (bicyclic) bond motifs is 1. The van der Waals surface area contributed by atoms with Gasteiger partial charge in [-0.3, -0.25) is 4.79 Å². The van der Waals surface area contributed by atoms with Gasteiger partial charge in [-0.25, -0.2) is 0 Å². The molecule has 0 aliphatic carbocycles. The summed E-state index contributed by atoms with van der Waals surface area (Å²) in [5.74, 6) is 0.0774. The minimum Gasteiger partial charge on any atom is -0.363 e. The number of nitrogens with one attached hydrogen (secondary N) is 2. The van der Waals surface area contributed by atoms with Crippen LogP contribution in [0.1, 0.15) is 5.56 Å². The van der Waals surface area contributed by atoms with Gasteiger partial charge < -0.3 is 20.6 Å². The zero-order chi connectivity index (χ0) is 13.9. The van der Waals surface area contributed by atoms with Crippen molar-refractivity contribution in [2.75, 3.05) is 5.32 Å². The maximum Gasteiger partial charge on any atom is 0.242 e. The van der Waals surface area contributed by atoms with Gasteiger partial charge in [-0.05, 0) is 18.1 Å². The van der Waals surface area contributed by atoms with E-state index in [-0.39, 0.29) is 5.91 Å². The Morgan fingerprint density at radius 3 is 3.05 bits per heavy atom. The lowest BCUT2D eigenvalue weighted by Gasteiger charge is -2.09. The van der Waals surface area contributed by atoms with Crippen LogP contribution in [0, 0.1) is 0 Å². The average Bonchev–Trinajstić information content (AvgIpc) is 3.09. The molecule has 2 heterocycles. The lowest BCUT2D eigenvalue weighted by molar-refractivity contribution is -0.117.